The smallest absolute Gasteiger partial charge is 0.250 e. The highest BCUT2D eigenvalue weighted by Crippen LogP contribution is 2.34. The van der Waals surface area contributed by atoms with Crippen LogP contribution >= 0.6 is 11.6 Å². The van der Waals surface area contributed by atoms with Gasteiger partial charge in [0.1, 0.15) is 11.6 Å². The van der Waals surface area contributed by atoms with Crippen LogP contribution in [0.5, 0.6) is 0 Å². The lowest BCUT2D eigenvalue weighted by molar-refractivity contribution is -0.128. The highest BCUT2D eigenvalue weighted by Gasteiger charge is 2.40. The first-order valence-corrected chi connectivity index (χ1v) is 6.73. The summed E-state index contributed by atoms with van der Waals surface area (Å²) in [6, 6.07) is 3.97. The highest BCUT2D eigenvalue weighted by atomic mass is 35.5. The van der Waals surface area contributed by atoms with Crippen molar-refractivity contribution in [3.8, 4) is 0 Å². The van der Waals surface area contributed by atoms with Gasteiger partial charge in [0.25, 0.3) is 5.91 Å². The fourth-order valence-corrected chi connectivity index (χ4v) is 2.69. The Morgan fingerprint density at radius 2 is 2.05 bits per heavy atom. The van der Waals surface area contributed by atoms with E-state index < -0.39 is 5.82 Å². The molecule has 2 rings (SSSR count). The summed E-state index contributed by atoms with van der Waals surface area (Å²) in [5.41, 5.74) is 0.429. The van der Waals surface area contributed by atoms with Gasteiger partial charge < -0.3 is 10.0 Å². The fraction of sp³-hybridized carbons (Fsp3) is 0.400. The second kappa shape index (κ2) is 5.09. The second-order valence-electron chi connectivity index (χ2n) is 6.05. The zero-order chi connectivity index (χ0) is 15.1. The van der Waals surface area contributed by atoms with Gasteiger partial charge in [0.15, 0.2) is 0 Å². The van der Waals surface area contributed by atoms with Gasteiger partial charge in [-0.1, -0.05) is 38.4 Å². The number of halogens is 2. The van der Waals surface area contributed by atoms with E-state index in [4.69, 9.17) is 11.6 Å². The number of rotatable bonds is 2. The molecule has 1 aromatic rings. The van der Waals surface area contributed by atoms with Gasteiger partial charge in [0.2, 0.25) is 0 Å². The molecular weight excluding hydrogens is 281 g/mol. The van der Waals surface area contributed by atoms with Crippen LogP contribution in [0.1, 0.15) is 26.3 Å². The van der Waals surface area contributed by atoms with Crippen molar-refractivity contribution >= 4 is 17.5 Å². The Labute approximate surface area is 122 Å². The van der Waals surface area contributed by atoms with Crippen LogP contribution in [0.15, 0.2) is 30.0 Å². The van der Waals surface area contributed by atoms with Gasteiger partial charge in [0, 0.05) is 12.6 Å². The van der Waals surface area contributed by atoms with Crippen molar-refractivity contribution in [2.24, 2.45) is 5.41 Å². The first kappa shape index (κ1) is 14.9. The van der Waals surface area contributed by atoms with Crippen molar-refractivity contribution in [1.29, 1.82) is 0 Å². The summed E-state index contributed by atoms with van der Waals surface area (Å²) in [5.74, 6) is -0.671. The molecule has 0 radical (unpaired) electrons. The summed E-state index contributed by atoms with van der Waals surface area (Å²) in [5, 5.41) is 9.98. The van der Waals surface area contributed by atoms with Gasteiger partial charge in [-0.2, -0.15) is 0 Å². The SMILES string of the molecule is CC(C)(C)[C@H]1C(O)=CC(=O)N1Cc1ccc(F)c(Cl)c1. The summed E-state index contributed by atoms with van der Waals surface area (Å²) in [6.45, 7) is 6.13. The maximum absolute atomic E-state index is 13.2. The zero-order valence-corrected chi connectivity index (χ0v) is 12.4. The van der Waals surface area contributed by atoms with E-state index in [1.54, 1.807) is 11.0 Å². The van der Waals surface area contributed by atoms with Gasteiger partial charge in [-0.3, -0.25) is 4.79 Å². The molecule has 0 spiro atoms. The van der Waals surface area contributed by atoms with Crippen molar-refractivity contribution in [3.63, 3.8) is 0 Å². The summed E-state index contributed by atoms with van der Waals surface area (Å²) >= 11 is 5.75. The molecule has 0 fully saturated rings. The normalized spacial score (nSPS) is 19.4. The fourth-order valence-electron chi connectivity index (χ4n) is 2.49. The minimum atomic E-state index is -0.489. The van der Waals surface area contributed by atoms with Crippen LogP contribution in [-0.2, 0) is 11.3 Å². The van der Waals surface area contributed by atoms with E-state index in [1.165, 1.54) is 18.2 Å². The monoisotopic (exact) mass is 297 g/mol. The van der Waals surface area contributed by atoms with Crippen molar-refractivity contribution in [3.05, 3.63) is 46.4 Å². The molecule has 1 aliphatic rings. The average molecular weight is 298 g/mol. The molecule has 5 heteroatoms. The Kier molecular flexibility index (Phi) is 3.78. The van der Waals surface area contributed by atoms with Crippen LogP contribution in [0.25, 0.3) is 0 Å². The van der Waals surface area contributed by atoms with Crippen LogP contribution in [0, 0.1) is 11.2 Å². The maximum atomic E-state index is 13.2. The van der Waals surface area contributed by atoms with Crippen LogP contribution in [0.4, 0.5) is 4.39 Å². The lowest BCUT2D eigenvalue weighted by Gasteiger charge is -2.35. The molecule has 20 heavy (non-hydrogen) atoms. The number of hydrogen-bond acceptors (Lipinski definition) is 2. The highest BCUT2D eigenvalue weighted by molar-refractivity contribution is 6.30. The molecule has 0 bridgehead atoms. The second-order valence-corrected chi connectivity index (χ2v) is 6.46. The molecule has 0 aliphatic carbocycles. The van der Waals surface area contributed by atoms with E-state index in [0.717, 1.165) is 5.56 Å². The number of amides is 1. The van der Waals surface area contributed by atoms with Crippen molar-refractivity contribution in [1.82, 2.24) is 4.90 Å². The first-order chi connectivity index (χ1) is 9.20. The Bertz CT molecular complexity index is 578. The van der Waals surface area contributed by atoms with Crippen LogP contribution in [0.3, 0.4) is 0 Å². The molecule has 0 saturated carbocycles. The third-order valence-corrected chi connectivity index (χ3v) is 3.59. The van der Waals surface area contributed by atoms with Crippen LogP contribution < -0.4 is 0 Å². The summed E-state index contributed by atoms with van der Waals surface area (Å²) in [6.07, 6.45) is 1.24. The summed E-state index contributed by atoms with van der Waals surface area (Å²) in [4.78, 5) is 13.5. The van der Waals surface area contributed by atoms with Gasteiger partial charge >= 0.3 is 0 Å². The molecule has 1 N–H and O–H groups in total. The predicted molar refractivity (Wildman–Crippen MR) is 75.9 cm³/mol. The molecule has 0 unspecified atom stereocenters. The Morgan fingerprint density at radius 1 is 1.40 bits per heavy atom. The van der Waals surface area contributed by atoms with Crippen molar-refractivity contribution in [2.75, 3.05) is 0 Å². The molecule has 1 aliphatic heterocycles. The number of benzene rings is 1. The minimum absolute atomic E-state index is 0.0265. The lowest BCUT2D eigenvalue weighted by atomic mass is 9.85. The number of nitrogens with zero attached hydrogens (tertiary/aromatic N) is 1. The Hall–Kier alpha value is -1.55. The van der Waals surface area contributed by atoms with Crippen molar-refractivity contribution in [2.45, 2.75) is 33.4 Å². The van der Waals surface area contributed by atoms with Crippen LogP contribution in [0.2, 0.25) is 5.02 Å². The van der Waals surface area contributed by atoms with Crippen molar-refractivity contribution < 1.29 is 14.3 Å². The molecule has 0 aromatic heterocycles. The first-order valence-electron chi connectivity index (χ1n) is 6.35. The molecule has 108 valence electrons. The zero-order valence-electron chi connectivity index (χ0n) is 11.7. The van der Waals surface area contributed by atoms with E-state index in [0.29, 0.717) is 0 Å². The standard InChI is InChI=1S/C15H17ClFNO2/c1-15(2,3)14-12(19)7-13(20)18(14)8-9-4-5-11(17)10(16)6-9/h4-7,14,19H,8H2,1-3H3/t14-/m1/s1. The number of carbonyl (C=O) groups is 1. The minimum Gasteiger partial charge on any atom is -0.510 e. The Balaban J connectivity index is 2.27. The third kappa shape index (κ3) is 2.80. The molecule has 0 saturated heterocycles. The number of aliphatic hydroxyl groups excluding tert-OH is 1. The maximum Gasteiger partial charge on any atom is 0.250 e. The van der Waals surface area contributed by atoms with Gasteiger partial charge in [0.05, 0.1) is 11.1 Å². The van der Waals surface area contributed by atoms with E-state index in [9.17, 15) is 14.3 Å². The molecule has 1 heterocycles. The number of carbonyl (C=O) groups excluding carboxylic acids is 1. The van der Waals surface area contributed by atoms with Gasteiger partial charge in [-0.05, 0) is 23.1 Å². The predicted octanol–water partition coefficient (Wildman–Crippen LogP) is 3.68. The third-order valence-electron chi connectivity index (χ3n) is 3.30. The topological polar surface area (TPSA) is 40.5 Å². The molecule has 1 aromatic carbocycles. The summed E-state index contributed by atoms with van der Waals surface area (Å²) in [7, 11) is 0. The molecular formula is C15H17ClFNO2. The molecule has 3 nitrogen and oxygen atoms in total. The number of aliphatic hydroxyl groups is 1. The average Bonchev–Trinajstić information content (AvgIpc) is 2.58. The van der Waals surface area contributed by atoms with Gasteiger partial charge in [-0.25, -0.2) is 4.39 Å². The Morgan fingerprint density at radius 3 is 2.60 bits per heavy atom. The quantitative estimate of drug-likeness (QED) is 0.904. The van der Waals surface area contributed by atoms with E-state index >= 15 is 0 Å². The van der Waals surface area contributed by atoms with E-state index in [2.05, 4.69) is 0 Å². The van der Waals surface area contributed by atoms with Crippen LogP contribution in [-0.4, -0.2) is 22.0 Å². The lowest BCUT2D eigenvalue weighted by Crippen LogP contribution is -2.43. The van der Waals surface area contributed by atoms with Gasteiger partial charge in [-0.15, -0.1) is 0 Å². The molecule has 1 amide bonds. The van der Waals surface area contributed by atoms with E-state index in [-0.39, 0.29) is 34.7 Å². The number of hydrogen-bond donors (Lipinski definition) is 1. The van der Waals surface area contributed by atoms with E-state index in [1.807, 2.05) is 20.8 Å². The summed E-state index contributed by atoms with van der Waals surface area (Å²) < 4.78 is 13.2. The largest absolute Gasteiger partial charge is 0.510 e. The molecule has 1 atom stereocenters.